The highest BCUT2D eigenvalue weighted by molar-refractivity contribution is 7.98. The van der Waals surface area contributed by atoms with Crippen LogP contribution < -0.4 is 5.32 Å². The lowest BCUT2D eigenvalue weighted by molar-refractivity contribution is -0.125. The number of rotatable bonds is 8. The van der Waals surface area contributed by atoms with E-state index in [-0.39, 0.29) is 11.8 Å². The molecule has 1 aliphatic rings. The summed E-state index contributed by atoms with van der Waals surface area (Å²) in [5.41, 5.74) is 0.909. The largest absolute Gasteiger partial charge is 0.355 e. The molecule has 0 aliphatic carbocycles. The van der Waals surface area contributed by atoms with Crippen molar-refractivity contribution in [2.24, 2.45) is 5.92 Å². The molecule has 1 fully saturated rings. The Balaban J connectivity index is 1.68. The molecule has 0 aromatic heterocycles. The van der Waals surface area contributed by atoms with Crippen LogP contribution in [0, 0.1) is 5.92 Å². The number of carbonyl (C=O) groups excluding carboxylic acids is 1. The summed E-state index contributed by atoms with van der Waals surface area (Å²) in [5, 5.41) is 4.24. The molecule has 152 valence electrons. The first-order valence-corrected chi connectivity index (χ1v) is 12.0. The highest BCUT2D eigenvalue weighted by Gasteiger charge is 2.31. The van der Waals surface area contributed by atoms with Crippen LogP contribution in [0.5, 0.6) is 0 Å². The number of hydrogen-bond donors (Lipinski definition) is 1. The van der Waals surface area contributed by atoms with Crippen LogP contribution in [0.25, 0.3) is 0 Å². The number of hydrogen-bond acceptors (Lipinski definition) is 4. The lowest BCUT2D eigenvalue weighted by Crippen LogP contribution is -2.47. The molecule has 0 unspecified atom stereocenters. The molecule has 0 saturated carbocycles. The van der Waals surface area contributed by atoms with Gasteiger partial charge in [0.2, 0.25) is 5.91 Å². The average molecular weight is 454 g/mol. The van der Waals surface area contributed by atoms with Gasteiger partial charge >= 0.3 is 0 Å². The second kappa shape index (κ2) is 10.3. The fourth-order valence-corrected chi connectivity index (χ4v) is 5.54. The molecule has 1 aliphatic heterocycles. The van der Waals surface area contributed by atoms with Crippen molar-refractivity contribution in [3.63, 3.8) is 0 Å². The van der Waals surface area contributed by atoms with Crippen molar-refractivity contribution in [2.75, 3.05) is 39.5 Å². The molecule has 2 rings (SSSR count). The summed E-state index contributed by atoms with van der Waals surface area (Å²) in [6.45, 7) is 1.30. The Kier molecular flexibility index (Phi) is 8.70. The Morgan fingerprint density at radius 3 is 2.41 bits per heavy atom. The first kappa shape index (κ1) is 22.8. The average Bonchev–Trinajstić information content (AvgIpc) is 2.63. The third kappa shape index (κ3) is 6.24. The number of nitrogens with zero attached hydrogens (tertiary/aromatic N) is 2. The van der Waals surface area contributed by atoms with Gasteiger partial charge in [-0.3, -0.25) is 4.79 Å². The van der Waals surface area contributed by atoms with Gasteiger partial charge in [0.1, 0.15) is 0 Å². The first-order chi connectivity index (χ1) is 12.7. The van der Waals surface area contributed by atoms with Crippen LogP contribution in [0.3, 0.4) is 0 Å². The van der Waals surface area contributed by atoms with Crippen molar-refractivity contribution in [1.82, 2.24) is 13.9 Å². The van der Waals surface area contributed by atoms with Crippen LogP contribution in [-0.2, 0) is 20.8 Å². The number of amides is 1. The summed E-state index contributed by atoms with van der Waals surface area (Å²) in [6, 6.07) is 5.44. The van der Waals surface area contributed by atoms with E-state index < -0.39 is 10.2 Å². The molecule has 1 amide bonds. The molecule has 6 nitrogen and oxygen atoms in total. The third-order valence-electron chi connectivity index (χ3n) is 4.47. The molecule has 1 N–H and O–H groups in total. The number of benzene rings is 1. The maximum absolute atomic E-state index is 12.3. The second-order valence-corrected chi connectivity index (χ2v) is 10.6. The van der Waals surface area contributed by atoms with E-state index in [9.17, 15) is 13.2 Å². The summed E-state index contributed by atoms with van der Waals surface area (Å²) in [4.78, 5) is 12.3. The van der Waals surface area contributed by atoms with Crippen molar-refractivity contribution in [3.05, 3.63) is 33.8 Å². The van der Waals surface area contributed by atoms with Crippen molar-refractivity contribution in [1.29, 1.82) is 0 Å². The van der Waals surface area contributed by atoms with E-state index in [0.717, 1.165) is 11.3 Å². The van der Waals surface area contributed by atoms with Crippen LogP contribution in [0.2, 0.25) is 10.0 Å². The van der Waals surface area contributed by atoms with E-state index in [4.69, 9.17) is 23.2 Å². The van der Waals surface area contributed by atoms with Gasteiger partial charge in [0.05, 0.1) is 0 Å². The van der Waals surface area contributed by atoms with Crippen LogP contribution >= 0.6 is 35.0 Å². The lowest BCUT2D eigenvalue weighted by atomic mass is 9.97. The molecular formula is C17H25Cl2N3O3S2. The number of nitrogens with one attached hydrogen (secondary N) is 1. The van der Waals surface area contributed by atoms with E-state index in [1.807, 2.05) is 18.2 Å². The van der Waals surface area contributed by atoms with Gasteiger partial charge in [-0.05, 0) is 30.5 Å². The Hall–Kier alpha value is -0.510. The monoisotopic (exact) mass is 453 g/mol. The molecule has 1 saturated heterocycles. The predicted octanol–water partition coefficient (Wildman–Crippen LogP) is 2.86. The smallest absolute Gasteiger partial charge is 0.281 e. The van der Waals surface area contributed by atoms with Gasteiger partial charge in [0.15, 0.2) is 0 Å². The minimum Gasteiger partial charge on any atom is -0.355 e. The molecule has 0 atom stereocenters. The summed E-state index contributed by atoms with van der Waals surface area (Å²) >= 11 is 13.9. The number of halogens is 2. The van der Waals surface area contributed by atoms with E-state index >= 15 is 0 Å². The Labute approximate surface area is 175 Å². The standard InChI is InChI=1S/C17H25Cl2N3O3S2/c1-21(2)27(24,25)22-9-6-13(7-10-22)17(23)20-8-11-26-12-14-15(18)4-3-5-16(14)19/h3-5,13H,6-12H2,1-2H3,(H,20,23). The topological polar surface area (TPSA) is 69.7 Å². The number of piperidine rings is 1. The summed E-state index contributed by atoms with van der Waals surface area (Å²) in [7, 11) is -0.366. The predicted molar refractivity (Wildman–Crippen MR) is 113 cm³/mol. The molecule has 10 heteroatoms. The van der Waals surface area contributed by atoms with Gasteiger partial charge in [0, 0.05) is 61.2 Å². The Bertz CT molecular complexity index is 732. The van der Waals surface area contributed by atoms with Gasteiger partial charge < -0.3 is 5.32 Å². The fraction of sp³-hybridized carbons (Fsp3) is 0.588. The number of thioether (sulfide) groups is 1. The molecule has 1 aromatic carbocycles. The zero-order valence-electron chi connectivity index (χ0n) is 15.5. The van der Waals surface area contributed by atoms with Crippen molar-refractivity contribution in [3.8, 4) is 0 Å². The van der Waals surface area contributed by atoms with Gasteiger partial charge in [0.25, 0.3) is 10.2 Å². The Morgan fingerprint density at radius 2 is 1.85 bits per heavy atom. The maximum Gasteiger partial charge on any atom is 0.281 e. The summed E-state index contributed by atoms with van der Waals surface area (Å²) in [6.07, 6.45) is 1.09. The van der Waals surface area contributed by atoms with E-state index in [1.165, 1.54) is 22.7 Å². The molecule has 1 heterocycles. The van der Waals surface area contributed by atoms with Crippen LogP contribution in [0.1, 0.15) is 18.4 Å². The highest BCUT2D eigenvalue weighted by Crippen LogP contribution is 2.28. The molecule has 27 heavy (non-hydrogen) atoms. The fourth-order valence-electron chi connectivity index (χ4n) is 2.81. The summed E-state index contributed by atoms with van der Waals surface area (Å²) < 4.78 is 26.8. The highest BCUT2D eigenvalue weighted by atomic mass is 35.5. The van der Waals surface area contributed by atoms with Crippen molar-refractivity contribution < 1.29 is 13.2 Å². The van der Waals surface area contributed by atoms with Gasteiger partial charge in [-0.2, -0.15) is 28.8 Å². The van der Waals surface area contributed by atoms with Gasteiger partial charge in [-0.25, -0.2) is 0 Å². The molecule has 0 bridgehead atoms. The van der Waals surface area contributed by atoms with Crippen LogP contribution in [-0.4, -0.2) is 62.4 Å². The molecule has 0 radical (unpaired) electrons. The van der Waals surface area contributed by atoms with E-state index in [1.54, 1.807) is 11.8 Å². The SMILES string of the molecule is CN(C)S(=O)(=O)N1CCC(C(=O)NCCSCc2c(Cl)cccc2Cl)CC1. The first-order valence-electron chi connectivity index (χ1n) is 8.69. The second-order valence-electron chi connectivity index (χ2n) is 6.51. The van der Waals surface area contributed by atoms with Crippen LogP contribution in [0.4, 0.5) is 0 Å². The van der Waals surface area contributed by atoms with E-state index in [2.05, 4.69) is 5.32 Å². The molecule has 0 spiro atoms. The van der Waals surface area contributed by atoms with Gasteiger partial charge in [-0.15, -0.1) is 0 Å². The summed E-state index contributed by atoms with van der Waals surface area (Å²) in [5.74, 6) is 1.30. The lowest BCUT2D eigenvalue weighted by Gasteiger charge is -2.32. The maximum atomic E-state index is 12.3. The normalized spacial score (nSPS) is 16.6. The van der Waals surface area contributed by atoms with Gasteiger partial charge in [-0.1, -0.05) is 29.3 Å². The zero-order chi connectivity index (χ0) is 20.0. The van der Waals surface area contributed by atoms with Crippen molar-refractivity contribution in [2.45, 2.75) is 18.6 Å². The van der Waals surface area contributed by atoms with Crippen LogP contribution in [0.15, 0.2) is 18.2 Å². The molecule has 1 aromatic rings. The van der Waals surface area contributed by atoms with Crippen molar-refractivity contribution >= 4 is 51.1 Å². The Morgan fingerprint density at radius 1 is 1.26 bits per heavy atom. The third-order valence-corrected chi connectivity index (χ3v) is 8.10. The minimum atomic E-state index is -3.40. The van der Waals surface area contributed by atoms with E-state index in [0.29, 0.717) is 48.3 Å². The minimum absolute atomic E-state index is 0.00623. The zero-order valence-corrected chi connectivity index (χ0v) is 18.6. The quantitative estimate of drug-likeness (QED) is 0.614. The molecular weight excluding hydrogens is 429 g/mol. The number of carbonyl (C=O) groups is 1.